The highest BCUT2D eigenvalue weighted by Crippen LogP contribution is 2.33. The van der Waals surface area contributed by atoms with E-state index >= 15 is 0 Å². The van der Waals surface area contributed by atoms with Gasteiger partial charge < -0.3 is 9.67 Å². The Labute approximate surface area is 170 Å². The number of aliphatic hydroxyl groups excluding tert-OH is 1. The lowest BCUT2D eigenvalue weighted by Gasteiger charge is -2.40. The Morgan fingerprint density at radius 2 is 1.44 bits per heavy atom. The molecule has 0 unspecified atom stereocenters. The minimum atomic E-state index is -0.432. The Bertz CT molecular complexity index is 899. The summed E-state index contributed by atoms with van der Waals surface area (Å²) in [7, 11) is 0. The number of likely N-dealkylation sites (tertiary alicyclic amines) is 1. The van der Waals surface area contributed by atoms with Crippen LogP contribution in [0, 0.1) is 0 Å². The van der Waals surface area contributed by atoms with E-state index in [1.807, 2.05) is 36.4 Å². The number of hydrogen-bond donors (Lipinski definition) is 1. The molecule has 0 bridgehead atoms. The molecule has 27 heavy (non-hydrogen) atoms. The van der Waals surface area contributed by atoms with Crippen LogP contribution in [-0.4, -0.2) is 39.3 Å². The highest BCUT2D eigenvalue weighted by atomic mass is 35.5. The third-order valence-electron chi connectivity index (χ3n) is 5.98. The van der Waals surface area contributed by atoms with E-state index in [1.54, 1.807) is 0 Å². The summed E-state index contributed by atoms with van der Waals surface area (Å²) >= 11 is 12.5. The maximum atomic E-state index is 10.9. The Kier molecular flexibility index (Phi) is 5.39. The first-order valence-electron chi connectivity index (χ1n) is 9.75. The molecule has 0 saturated carbocycles. The SMILES string of the molecule is C[C@@H]1CCC[C@H](C)N1C[C@@H](O)Cn1c2ccc(Cl)cc2c2cc(Cl)ccc21. The number of benzene rings is 2. The molecule has 0 amide bonds. The van der Waals surface area contributed by atoms with Crippen LogP contribution in [0.3, 0.4) is 0 Å². The summed E-state index contributed by atoms with van der Waals surface area (Å²) < 4.78 is 2.20. The van der Waals surface area contributed by atoms with Gasteiger partial charge in [0.05, 0.1) is 12.6 Å². The molecule has 144 valence electrons. The summed E-state index contributed by atoms with van der Waals surface area (Å²) in [5, 5.41) is 14.5. The molecule has 1 aliphatic heterocycles. The predicted octanol–water partition coefficient (Wildman–Crippen LogP) is 5.73. The molecular weight excluding hydrogens is 379 g/mol. The summed E-state index contributed by atoms with van der Waals surface area (Å²) in [5.41, 5.74) is 2.16. The molecule has 2 heterocycles. The van der Waals surface area contributed by atoms with E-state index in [9.17, 15) is 5.11 Å². The molecule has 5 heteroatoms. The van der Waals surface area contributed by atoms with Gasteiger partial charge in [-0.25, -0.2) is 0 Å². The van der Waals surface area contributed by atoms with E-state index in [2.05, 4.69) is 23.3 Å². The number of rotatable bonds is 4. The quantitative estimate of drug-likeness (QED) is 0.601. The van der Waals surface area contributed by atoms with Gasteiger partial charge in [0.25, 0.3) is 0 Å². The summed E-state index contributed by atoms with van der Waals surface area (Å²) in [4.78, 5) is 2.45. The van der Waals surface area contributed by atoms with Crippen LogP contribution < -0.4 is 0 Å². The standard InChI is InChI=1S/C22H26Cl2N2O/c1-14-4-3-5-15(2)25(14)12-18(27)13-26-21-8-6-16(23)10-19(21)20-11-17(24)7-9-22(20)26/h6-11,14-15,18,27H,3-5,12-13H2,1-2H3/t14-,15+,18-/m1/s1. The summed E-state index contributed by atoms with van der Waals surface area (Å²) in [6.07, 6.45) is 3.27. The normalized spacial score (nSPS) is 22.6. The van der Waals surface area contributed by atoms with Crippen LogP contribution in [0.25, 0.3) is 21.8 Å². The van der Waals surface area contributed by atoms with Crippen molar-refractivity contribution in [2.75, 3.05) is 6.54 Å². The van der Waals surface area contributed by atoms with Gasteiger partial charge in [-0.15, -0.1) is 0 Å². The zero-order valence-corrected chi connectivity index (χ0v) is 17.3. The molecule has 0 radical (unpaired) electrons. The van der Waals surface area contributed by atoms with Crippen molar-refractivity contribution in [2.45, 2.75) is 57.8 Å². The summed E-state index contributed by atoms with van der Waals surface area (Å²) in [6, 6.07) is 12.9. The number of halogens is 2. The third-order valence-corrected chi connectivity index (χ3v) is 6.45. The molecule has 0 spiro atoms. The van der Waals surface area contributed by atoms with Crippen molar-refractivity contribution in [3.05, 3.63) is 46.4 Å². The lowest BCUT2D eigenvalue weighted by Crippen LogP contribution is -2.48. The van der Waals surface area contributed by atoms with Crippen molar-refractivity contribution < 1.29 is 5.11 Å². The van der Waals surface area contributed by atoms with E-state index in [0.717, 1.165) is 21.8 Å². The smallest absolute Gasteiger partial charge is 0.0846 e. The molecule has 3 atom stereocenters. The first-order valence-corrected chi connectivity index (χ1v) is 10.5. The average Bonchev–Trinajstić information content (AvgIpc) is 2.91. The molecule has 0 aliphatic carbocycles. The van der Waals surface area contributed by atoms with Crippen molar-refractivity contribution in [3.63, 3.8) is 0 Å². The van der Waals surface area contributed by atoms with Gasteiger partial charge in [-0.3, -0.25) is 4.90 Å². The molecular formula is C22H26Cl2N2O. The van der Waals surface area contributed by atoms with E-state index < -0.39 is 6.10 Å². The number of hydrogen-bond acceptors (Lipinski definition) is 2. The number of aromatic nitrogens is 1. The Morgan fingerprint density at radius 3 is 1.96 bits per heavy atom. The van der Waals surface area contributed by atoms with Gasteiger partial charge in [0.15, 0.2) is 0 Å². The maximum absolute atomic E-state index is 10.9. The van der Waals surface area contributed by atoms with Crippen LogP contribution in [0.2, 0.25) is 10.0 Å². The van der Waals surface area contributed by atoms with Crippen LogP contribution in [0.5, 0.6) is 0 Å². The lowest BCUT2D eigenvalue weighted by molar-refractivity contribution is 0.0357. The van der Waals surface area contributed by atoms with Crippen LogP contribution in [0.1, 0.15) is 33.1 Å². The fourth-order valence-electron chi connectivity index (χ4n) is 4.59. The van der Waals surface area contributed by atoms with Crippen molar-refractivity contribution in [1.82, 2.24) is 9.47 Å². The number of aliphatic hydroxyl groups is 1. The van der Waals surface area contributed by atoms with Crippen molar-refractivity contribution in [1.29, 1.82) is 0 Å². The monoisotopic (exact) mass is 404 g/mol. The van der Waals surface area contributed by atoms with Gasteiger partial charge in [-0.1, -0.05) is 29.6 Å². The van der Waals surface area contributed by atoms with E-state index in [0.29, 0.717) is 35.2 Å². The lowest BCUT2D eigenvalue weighted by atomic mass is 9.97. The molecule has 3 nitrogen and oxygen atoms in total. The number of nitrogens with zero attached hydrogens (tertiary/aromatic N) is 2. The van der Waals surface area contributed by atoms with Crippen LogP contribution in [0.4, 0.5) is 0 Å². The molecule has 1 fully saturated rings. The molecule has 1 aliphatic rings. The van der Waals surface area contributed by atoms with E-state index in [4.69, 9.17) is 23.2 Å². The summed E-state index contributed by atoms with van der Waals surface area (Å²) in [5.74, 6) is 0. The fraction of sp³-hybridized carbons (Fsp3) is 0.455. The largest absolute Gasteiger partial charge is 0.390 e. The van der Waals surface area contributed by atoms with Crippen LogP contribution in [-0.2, 0) is 6.54 Å². The van der Waals surface area contributed by atoms with Crippen LogP contribution in [0.15, 0.2) is 36.4 Å². The Balaban J connectivity index is 1.68. The molecule has 1 saturated heterocycles. The first kappa shape index (κ1) is 19.1. The van der Waals surface area contributed by atoms with Gasteiger partial charge in [-0.05, 0) is 63.1 Å². The fourth-order valence-corrected chi connectivity index (χ4v) is 4.94. The number of piperidine rings is 1. The number of β-amino-alcohol motifs (C(OH)–C–C–N with tert-alkyl or cyclic N) is 1. The van der Waals surface area contributed by atoms with Crippen molar-refractivity contribution in [3.8, 4) is 0 Å². The highest BCUT2D eigenvalue weighted by molar-refractivity contribution is 6.33. The molecule has 2 aromatic carbocycles. The van der Waals surface area contributed by atoms with Gasteiger partial charge >= 0.3 is 0 Å². The Hall–Kier alpha value is -1.26. The molecule has 3 aromatic rings. The van der Waals surface area contributed by atoms with Crippen LogP contribution >= 0.6 is 23.2 Å². The second-order valence-electron chi connectivity index (χ2n) is 7.91. The topological polar surface area (TPSA) is 28.4 Å². The molecule has 1 N–H and O–H groups in total. The van der Waals surface area contributed by atoms with E-state index in [-0.39, 0.29) is 0 Å². The number of fused-ring (bicyclic) bond motifs is 3. The third kappa shape index (κ3) is 3.71. The van der Waals surface area contributed by atoms with Gasteiger partial charge in [0.2, 0.25) is 0 Å². The van der Waals surface area contributed by atoms with Crippen molar-refractivity contribution >= 4 is 45.0 Å². The second kappa shape index (κ2) is 7.63. The maximum Gasteiger partial charge on any atom is 0.0846 e. The van der Waals surface area contributed by atoms with Crippen molar-refractivity contribution in [2.24, 2.45) is 0 Å². The highest BCUT2D eigenvalue weighted by Gasteiger charge is 2.27. The van der Waals surface area contributed by atoms with Gasteiger partial charge in [0, 0.05) is 50.5 Å². The minimum Gasteiger partial charge on any atom is -0.390 e. The zero-order valence-electron chi connectivity index (χ0n) is 15.8. The first-order chi connectivity index (χ1) is 12.9. The average molecular weight is 405 g/mol. The summed E-state index contributed by atoms with van der Waals surface area (Å²) in [6.45, 7) is 5.80. The van der Waals surface area contributed by atoms with E-state index in [1.165, 1.54) is 19.3 Å². The molecule has 4 rings (SSSR count). The Morgan fingerprint density at radius 1 is 0.926 bits per heavy atom. The van der Waals surface area contributed by atoms with Gasteiger partial charge in [0.1, 0.15) is 0 Å². The zero-order chi connectivity index (χ0) is 19.1. The predicted molar refractivity (Wildman–Crippen MR) is 115 cm³/mol. The molecule has 1 aromatic heterocycles. The second-order valence-corrected chi connectivity index (χ2v) is 8.79. The minimum absolute atomic E-state index is 0.432. The van der Waals surface area contributed by atoms with Gasteiger partial charge in [-0.2, -0.15) is 0 Å².